The van der Waals surface area contributed by atoms with E-state index in [0.29, 0.717) is 43.0 Å². The Bertz CT molecular complexity index is 1420. The van der Waals surface area contributed by atoms with Crippen LogP contribution in [-0.2, 0) is 14.4 Å². The van der Waals surface area contributed by atoms with Gasteiger partial charge in [0, 0.05) is 15.7 Å². The highest BCUT2D eigenvalue weighted by molar-refractivity contribution is 14.1. The van der Waals surface area contributed by atoms with E-state index in [9.17, 15) is 14.4 Å². The van der Waals surface area contributed by atoms with Crippen molar-refractivity contribution in [3.8, 4) is 11.5 Å². The number of hydrogen-bond donors (Lipinski definition) is 3. The number of amides is 3. The van der Waals surface area contributed by atoms with Gasteiger partial charge < -0.3 is 20.1 Å². The highest BCUT2D eigenvalue weighted by Gasteiger charge is 2.17. The van der Waals surface area contributed by atoms with Crippen LogP contribution in [0.25, 0.3) is 0 Å². The number of carbonyl (C=O) groups excluding carboxylic acids is 3. The van der Waals surface area contributed by atoms with Gasteiger partial charge in [-0.1, -0.05) is 52.5 Å². The van der Waals surface area contributed by atoms with Crippen molar-refractivity contribution < 1.29 is 23.9 Å². The van der Waals surface area contributed by atoms with Gasteiger partial charge in [0.1, 0.15) is 0 Å². The summed E-state index contributed by atoms with van der Waals surface area (Å²) < 4.78 is 12.0. The van der Waals surface area contributed by atoms with E-state index in [1.165, 1.54) is 12.3 Å². The molecule has 3 aromatic carbocycles. The summed E-state index contributed by atoms with van der Waals surface area (Å²) in [4.78, 5) is 36.7. The molecule has 3 aromatic rings. The summed E-state index contributed by atoms with van der Waals surface area (Å²) in [6.07, 6.45) is 1.32. The standard InChI is InChI=1S/C25H19Cl4IN4O5/c1-2-38-20-7-13(11-31-34-25(37)24(36)33-19-5-3-4-17(28)22(19)29)6-18(30)23(20)39-12-21(35)32-16-9-14(26)8-15(27)10-16/h3-11H,2,12H2,1H3,(H,32,35)(H,33,36)(H,34,37)/b31-11-. The van der Waals surface area contributed by atoms with Crippen LogP contribution in [0.2, 0.25) is 20.1 Å². The molecule has 0 heterocycles. The number of anilines is 2. The second-order valence-electron chi connectivity index (χ2n) is 7.51. The molecule has 0 aliphatic rings. The van der Waals surface area contributed by atoms with Crippen molar-refractivity contribution in [3.05, 3.63) is 77.8 Å². The predicted octanol–water partition coefficient (Wildman–Crippen LogP) is 6.41. The summed E-state index contributed by atoms with van der Waals surface area (Å²) in [5, 5.41) is 9.94. The quantitative estimate of drug-likeness (QED) is 0.102. The number of hydrazone groups is 1. The SMILES string of the molecule is CCOc1cc(/C=N\NC(=O)C(=O)Nc2cccc(Cl)c2Cl)cc(I)c1OCC(=O)Nc1cc(Cl)cc(Cl)c1. The van der Waals surface area contributed by atoms with Gasteiger partial charge in [-0.25, -0.2) is 5.43 Å². The molecule has 0 radical (unpaired) electrons. The average Bonchev–Trinajstić information content (AvgIpc) is 2.85. The molecule has 3 amide bonds. The van der Waals surface area contributed by atoms with Gasteiger partial charge in [0.25, 0.3) is 5.91 Å². The predicted molar refractivity (Wildman–Crippen MR) is 162 cm³/mol. The fraction of sp³-hybridized carbons (Fsp3) is 0.120. The first-order valence-electron chi connectivity index (χ1n) is 11.0. The number of rotatable bonds is 9. The largest absolute Gasteiger partial charge is 0.490 e. The summed E-state index contributed by atoms with van der Waals surface area (Å²) in [5.41, 5.74) is 3.29. The molecule has 204 valence electrons. The lowest BCUT2D eigenvalue weighted by Gasteiger charge is -2.14. The molecule has 0 unspecified atom stereocenters. The first-order valence-corrected chi connectivity index (χ1v) is 13.6. The monoisotopic (exact) mass is 722 g/mol. The summed E-state index contributed by atoms with van der Waals surface area (Å²) in [6, 6.07) is 12.6. The Kier molecular flexibility index (Phi) is 11.5. The Balaban J connectivity index is 1.63. The average molecular weight is 724 g/mol. The van der Waals surface area contributed by atoms with Crippen molar-refractivity contribution in [1.82, 2.24) is 5.43 Å². The van der Waals surface area contributed by atoms with Gasteiger partial charge in [-0.2, -0.15) is 5.10 Å². The van der Waals surface area contributed by atoms with E-state index in [-0.39, 0.29) is 22.3 Å². The normalized spacial score (nSPS) is 10.7. The maximum absolute atomic E-state index is 12.4. The van der Waals surface area contributed by atoms with Crippen molar-refractivity contribution in [1.29, 1.82) is 0 Å². The van der Waals surface area contributed by atoms with Gasteiger partial charge in [0.2, 0.25) is 0 Å². The third kappa shape index (κ3) is 9.14. The smallest absolute Gasteiger partial charge is 0.329 e. The fourth-order valence-corrected chi connectivity index (χ4v) is 4.68. The molecule has 3 N–H and O–H groups in total. The van der Waals surface area contributed by atoms with E-state index < -0.39 is 17.7 Å². The number of halogens is 5. The molecule has 0 atom stereocenters. The summed E-state index contributed by atoms with van der Waals surface area (Å²) in [7, 11) is 0. The fourth-order valence-electron chi connectivity index (χ4n) is 3.02. The summed E-state index contributed by atoms with van der Waals surface area (Å²) >= 11 is 25.9. The van der Waals surface area contributed by atoms with Crippen LogP contribution in [-0.4, -0.2) is 37.1 Å². The number of ether oxygens (including phenoxy) is 2. The van der Waals surface area contributed by atoms with Crippen LogP contribution in [0, 0.1) is 3.57 Å². The van der Waals surface area contributed by atoms with E-state index >= 15 is 0 Å². The molecule has 0 bridgehead atoms. The van der Waals surface area contributed by atoms with E-state index in [1.54, 1.807) is 49.4 Å². The lowest BCUT2D eigenvalue weighted by Crippen LogP contribution is -2.32. The molecule has 39 heavy (non-hydrogen) atoms. The number of hydrogen-bond acceptors (Lipinski definition) is 6. The number of nitrogens with zero attached hydrogens (tertiary/aromatic N) is 1. The maximum Gasteiger partial charge on any atom is 0.329 e. The van der Waals surface area contributed by atoms with Crippen LogP contribution in [0.3, 0.4) is 0 Å². The second-order valence-corrected chi connectivity index (χ2v) is 10.3. The van der Waals surface area contributed by atoms with Crippen molar-refractivity contribution in [3.63, 3.8) is 0 Å². The molecular formula is C25H19Cl4IN4O5. The Labute approximate surface area is 257 Å². The first-order chi connectivity index (χ1) is 18.6. The molecule has 0 aromatic heterocycles. The number of carbonyl (C=O) groups is 3. The van der Waals surface area contributed by atoms with Crippen LogP contribution in [0.5, 0.6) is 11.5 Å². The van der Waals surface area contributed by atoms with Gasteiger partial charge in [0.05, 0.1) is 32.1 Å². The number of nitrogens with one attached hydrogen (secondary N) is 3. The highest BCUT2D eigenvalue weighted by atomic mass is 127. The zero-order valence-electron chi connectivity index (χ0n) is 20.0. The minimum absolute atomic E-state index is 0.107. The topological polar surface area (TPSA) is 118 Å². The second kappa shape index (κ2) is 14.6. The molecule has 9 nitrogen and oxygen atoms in total. The van der Waals surface area contributed by atoms with Crippen LogP contribution >= 0.6 is 69.0 Å². The van der Waals surface area contributed by atoms with Crippen LogP contribution in [0.15, 0.2) is 53.6 Å². The Morgan fingerprint density at radius 1 is 0.949 bits per heavy atom. The third-order valence-electron chi connectivity index (χ3n) is 4.61. The molecule has 0 fully saturated rings. The molecular weight excluding hydrogens is 705 g/mol. The molecule has 14 heteroatoms. The van der Waals surface area contributed by atoms with Gasteiger partial charge in [0.15, 0.2) is 18.1 Å². The van der Waals surface area contributed by atoms with Gasteiger partial charge in [-0.3, -0.25) is 14.4 Å². The van der Waals surface area contributed by atoms with Crippen molar-refractivity contribution in [2.24, 2.45) is 5.10 Å². The molecule has 3 rings (SSSR count). The van der Waals surface area contributed by atoms with E-state index in [1.807, 2.05) is 22.6 Å². The van der Waals surface area contributed by atoms with E-state index in [4.69, 9.17) is 55.9 Å². The van der Waals surface area contributed by atoms with Gasteiger partial charge in [-0.05, 0) is 77.5 Å². The summed E-state index contributed by atoms with van der Waals surface area (Å²) in [5.74, 6) is -1.74. The molecule has 0 aliphatic heterocycles. The first kappa shape index (κ1) is 30.8. The van der Waals surface area contributed by atoms with Crippen LogP contribution in [0.4, 0.5) is 11.4 Å². The van der Waals surface area contributed by atoms with Crippen LogP contribution < -0.4 is 25.5 Å². The molecule has 0 saturated heterocycles. The number of benzene rings is 3. The van der Waals surface area contributed by atoms with Gasteiger partial charge in [-0.15, -0.1) is 0 Å². The van der Waals surface area contributed by atoms with E-state index in [2.05, 4.69) is 21.2 Å². The lowest BCUT2D eigenvalue weighted by atomic mass is 10.2. The minimum atomic E-state index is -1.02. The highest BCUT2D eigenvalue weighted by Crippen LogP contribution is 2.34. The Morgan fingerprint density at radius 2 is 1.67 bits per heavy atom. The zero-order valence-corrected chi connectivity index (χ0v) is 25.2. The maximum atomic E-state index is 12.4. The Morgan fingerprint density at radius 3 is 2.36 bits per heavy atom. The minimum Gasteiger partial charge on any atom is -0.490 e. The molecule has 0 saturated carbocycles. The molecule has 0 aliphatic carbocycles. The van der Waals surface area contributed by atoms with E-state index in [0.717, 1.165) is 0 Å². The third-order valence-corrected chi connectivity index (χ3v) is 6.67. The van der Waals surface area contributed by atoms with Crippen molar-refractivity contribution in [2.75, 3.05) is 23.8 Å². The van der Waals surface area contributed by atoms with Crippen molar-refractivity contribution >= 4 is 104 Å². The summed E-state index contributed by atoms with van der Waals surface area (Å²) in [6.45, 7) is 1.80. The molecule has 0 spiro atoms. The van der Waals surface area contributed by atoms with Gasteiger partial charge >= 0.3 is 11.8 Å². The Hall–Kier alpha value is -2.77. The van der Waals surface area contributed by atoms with Crippen LogP contribution in [0.1, 0.15) is 12.5 Å². The lowest BCUT2D eigenvalue weighted by molar-refractivity contribution is -0.136. The van der Waals surface area contributed by atoms with Crippen molar-refractivity contribution in [2.45, 2.75) is 6.92 Å². The zero-order chi connectivity index (χ0) is 28.5.